The number of benzene rings is 1. The average Bonchev–Trinajstić information content (AvgIpc) is 2.69. The number of nitrogen functional groups attached to an aromatic ring is 1. The van der Waals surface area contributed by atoms with Crippen molar-refractivity contribution < 1.29 is 8.42 Å². The Morgan fingerprint density at radius 3 is 2.47 bits per heavy atom. The maximum atomic E-state index is 11.9. The molecule has 1 heterocycles. The molecule has 7 heteroatoms. The van der Waals surface area contributed by atoms with Crippen molar-refractivity contribution in [1.29, 1.82) is 0 Å². The van der Waals surface area contributed by atoms with E-state index in [2.05, 4.69) is 9.36 Å². The number of anilines is 1. The molecule has 0 saturated heterocycles. The summed E-state index contributed by atoms with van der Waals surface area (Å²) in [5.74, 6) is -0.108. The van der Waals surface area contributed by atoms with Gasteiger partial charge in [0.05, 0.1) is 5.75 Å². The van der Waals surface area contributed by atoms with E-state index in [4.69, 9.17) is 5.73 Å². The summed E-state index contributed by atoms with van der Waals surface area (Å²) in [5.41, 5.74) is 7.17. The van der Waals surface area contributed by atoms with Gasteiger partial charge in [0.15, 0.2) is 0 Å². The zero-order chi connectivity index (χ0) is 12.5. The maximum absolute atomic E-state index is 11.9. The third-order valence-corrected chi connectivity index (χ3v) is 4.29. The number of rotatable bonds is 3. The lowest BCUT2D eigenvalue weighted by Gasteiger charge is -2.01. The van der Waals surface area contributed by atoms with Crippen LogP contribution in [0.1, 0.15) is 11.1 Å². The normalized spacial score (nSPS) is 11.6. The van der Waals surface area contributed by atoms with Crippen molar-refractivity contribution in [2.75, 3.05) is 5.73 Å². The second-order valence-electron chi connectivity index (χ2n) is 3.66. The van der Waals surface area contributed by atoms with Crippen LogP contribution in [0.15, 0.2) is 29.4 Å². The van der Waals surface area contributed by atoms with Gasteiger partial charge in [-0.1, -0.05) is 29.8 Å². The Kier molecular flexibility index (Phi) is 3.12. The molecule has 1 aromatic heterocycles. The van der Waals surface area contributed by atoms with E-state index < -0.39 is 9.84 Å². The van der Waals surface area contributed by atoms with E-state index in [1.54, 1.807) is 12.1 Å². The topological polar surface area (TPSA) is 85.9 Å². The van der Waals surface area contributed by atoms with E-state index in [0.717, 1.165) is 17.1 Å². The van der Waals surface area contributed by atoms with Crippen molar-refractivity contribution >= 4 is 26.5 Å². The van der Waals surface area contributed by atoms with Gasteiger partial charge in [0.1, 0.15) is 0 Å². The largest absolute Gasteiger partial charge is 0.374 e. The predicted molar refractivity (Wildman–Crippen MR) is 66.4 cm³/mol. The zero-order valence-corrected chi connectivity index (χ0v) is 10.8. The molecule has 0 unspecified atom stereocenters. The van der Waals surface area contributed by atoms with Crippen LogP contribution in [0.4, 0.5) is 5.13 Å². The van der Waals surface area contributed by atoms with Crippen molar-refractivity contribution in [3.8, 4) is 0 Å². The predicted octanol–water partition coefficient (Wildman–Crippen LogP) is 1.40. The van der Waals surface area contributed by atoms with Crippen LogP contribution in [0.2, 0.25) is 0 Å². The van der Waals surface area contributed by atoms with E-state index in [1.165, 1.54) is 0 Å². The molecule has 0 bridgehead atoms. The molecule has 2 aromatic rings. The van der Waals surface area contributed by atoms with Crippen LogP contribution in [-0.4, -0.2) is 17.8 Å². The van der Waals surface area contributed by atoms with Gasteiger partial charge >= 0.3 is 0 Å². The molecule has 90 valence electrons. The quantitative estimate of drug-likeness (QED) is 0.910. The third kappa shape index (κ3) is 2.80. The lowest BCUT2D eigenvalue weighted by molar-refractivity contribution is 0.588. The first kappa shape index (κ1) is 12.0. The Hall–Kier alpha value is -1.47. The zero-order valence-electron chi connectivity index (χ0n) is 9.12. The standard InChI is InChI=1S/C10H11N3O2S2/c1-7-2-4-8(5-3-7)6-17(14,15)10-12-9(11)16-13-10/h2-5H,6H2,1H3,(H2,11,12,13). The smallest absolute Gasteiger partial charge is 0.261 e. The lowest BCUT2D eigenvalue weighted by atomic mass is 10.2. The van der Waals surface area contributed by atoms with Gasteiger partial charge in [-0.3, -0.25) is 0 Å². The summed E-state index contributed by atoms with van der Waals surface area (Å²) in [5, 5.41) is -0.0342. The first-order valence-electron chi connectivity index (χ1n) is 4.85. The molecule has 2 N–H and O–H groups in total. The number of aromatic nitrogens is 2. The molecule has 0 amide bonds. The summed E-state index contributed by atoms with van der Waals surface area (Å²) in [6.07, 6.45) is 0. The Labute approximate surface area is 103 Å². The summed E-state index contributed by atoms with van der Waals surface area (Å²) >= 11 is 0.882. The molecule has 1 aromatic carbocycles. The van der Waals surface area contributed by atoms with Crippen molar-refractivity contribution in [3.05, 3.63) is 35.4 Å². The molecular formula is C10H11N3O2S2. The van der Waals surface area contributed by atoms with Crippen molar-refractivity contribution in [1.82, 2.24) is 9.36 Å². The summed E-state index contributed by atoms with van der Waals surface area (Å²) in [7, 11) is -3.50. The Bertz CT molecular complexity index is 617. The number of nitrogens with zero attached hydrogens (tertiary/aromatic N) is 2. The molecule has 0 aliphatic carbocycles. The molecule has 0 spiro atoms. The molecule has 0 atom stereocenters. The SMILES string of the molecule is Cc1ccc(CS(=O)(=O)c2nsc(N)n2)cc1. The number of aryl methyl sites for hydroxylation is 1. The minimum absolute atomic E-state index is 0.108. The van der Waals surface area contributed by atoms with Crippen LogP contribution < -0.4 is 5.73 Å². The molecule has 0 saturated carbocycles. The molecule has 0 radical (unpaired) electrons. The fourth-order valence-electron chi connectivity index (χ4n) is 1.32. The second-order valence-corrected chi connectivity index (χ2v) is 6.33. The molecule has 0 aliphatic heterocycles. The number of hydrogen-bond acceptors (Lipinski definition) is 6. The van der Waals surface area contributed by atoms with Crippen LogP contribution >= 0.6 is 11.5 Å². The van der Waals surface area contributed by atoms with E-state index in [1.807, 2.05) is 19.1 Å². The Morgan fingerprint density at radius 1 is 1.29 bits per heavy atom. The Balaban J connectivity index is 2.26. The monoisotopic (exact) mass is 269 g/mol. The van der Waals surface area contributed by atoms with Gasteiger partial charge in [-0.25, -0.2) is 8.42 Å². The minimum Gasteiger partial charge on any atom is -0.374 e. The lowest BCUT2D eigenvalue weighted by Crippen LogP contribution is -2.07. The van der Waals surface area contributed by atoms with Crippen LogP contribution in [0.5, 0.6) is 0 Å². The van der Waals surface area contributed by atoms with Crippen LogP contribution in [-0.2, 0) is 15.6 Å². The highest BCUT2D eigenvalue weighted by molar-refractivity contribution is 7.90. The number of sulfone groups is 1. The maximum Gasteiger partial charge on any atom is 0.261 e. The molecule has 0 fully saturated rings. The van der Waals surface area contributed by atoms with Crippen LogP contribution in [0.25, 0.3) is 0 Å². The molecular weight excluding hydrogens is 258 g/mol. The summed E-state index contributed by atoms with van der Waals surface area (Å²) in [6, 6.07) is 7.30. The molecule has 2 rings (SSSR count). The van der Waals surface area contributed by atoms with Gasteiger partial charge in [-0.15, -0.1) is 0 Å². The molecule has 0 aliphatic rings. The van der Waals surface area contributed by atoms with Crippen LogP contribution in [0.3, 0.4) is 0 Å². The highest BCUT2D eigenvalue weighted by Crippen LogP contribution is 2.17. The van der Waals surface area contributed by atoms with Crippen LogP contribution in [0, 0.1) is 6.92 Å². The highest BCUT2D eigenvalue weighted by Gasteiger charge is 2.20. The second kappa shape index (κ2) is 4.42. The van der Waals surface area contributed by atoms with Gasteiger partial charge < -0.3 is 5.73 Å². The van der Waals surface area contributed by atoms with E-state index in [9.17, 15) is 8.42 Å². The first-order chi connectivity index (χ1) is 7.97. The van der Waals surface area contributed by atoms with E-state index in [0.29, 0.717) is 5.56 Å². The number of hydrogen-bond donors (Lipinski definition) is 1. The van der Waals surface area contributed by atoms with E-state index >= 15 is 0 Å². The van der Waals surface area contributed by atoms with Crippen molar-refractivity contribution in [3.63, 3.8) is 0 Å². The molecule has 5 nitrogen and oxygen atoms in total. The summed E-state index contributed by atoms with van der Waals surface area (Å²) in [6.45, 7) is 1.95. The Morgan fingerprint density at radius 2 is 1.94 bits per heavy atom. The summed E-state index contributed by atoms with van der Waals surface area (Å²) < 4.78 is 27.6. The fraction of sp³-hybridized carbons (Fsp3) is 0.200. The minimum atomic E-state index is -3.50. The van der Waals surface area contributed by atoms with E-state index in [-0.39, 0.29) is 16.0 Å². The van der Waals surface area contributed by atoms with Gasteiger partial charge in [0.2, 0.25) is 15.0 Å². The molecule has 17 heavy (non-hydrogen) atoms. The first-order valence-corrected chi connectivity index (χ1v) is 7.27. The third-order valence-electron chi connectivity index (χ3n) is 2.18. The van der Waals surface area contributed by atoms with Gasteiger partial charge in [-0.2, -0.15) is 9.36 Å². The highest BCUT2D eigenvalue weighted by atomic mass is 32.2. The van der Waals surface area contributed by atoms with Gasteiger partial charge in [0, 0.05) is 11.5 Å². The fourth-order valence-corrected chi connectivity index (χ4v) is 3.28. The van der Waals surface area contributed by atoms with Crippen molar-refractivity contribution in [2.24, 2.45) is 0 Å². The summed E-state index contributed by atoms with van der Waals surface area (Å²) in [4.78, 5) is 3.69. The number of nitrogens with two attached hydrogens (primary N) is 1. The van der Waals surface area contributed by atoms with Gasteiger partial charge in [-0.05, 0) is 12.5 Å². The average molecular weight is 269 g/mol. The van der Waals surface area contributed by atoms with Gasteiger partial charge in [0.25, 0.3) is 5.16 Å². The van der Waals surface area contributed by atoms with Crippen molar-refractivity contribution in [2.45, 2.75) is 17.8 Å².